The maximum Gasteiger partial charge on any atom is 0.265 e. The van der Waals surface area contributed by atoms with Crippen molar-refractivity contribution in [1.29, 1.82) is 0 Å². The Balaban J connectivity index is 1.62. The SMILES string of the molecule is CCN(Cc1ccncc1)CC1(O)CCCN(C(=O)c2sc(N)nc2C)CC1. The molecule has 2 aromatic heterocycles. The Morgan fingerprint density at radius 2 is 2.11 bits per heavy atom. The number of nitrogens with two attached hydrogens (primary N) is 1. The number of thiazole rings is 1. The minimum atomic E-state index is -0.792. The van der Waals surface area contributed by atoms with Gasteiger partial charge in [0.15, 0.2) is 5.13 Å². The van der Waals surface area contributed by atoms with E-state index in [1.807, 2.05) is 24.0 Å². The highest BCUT2D eigenvalue weighted by Crippen LogP contribution is 2.27. The third-order valence-corrected chi connectivity index (χ3v) is 6.31. The molecule has 1 amide bonds. The van der Waals surface area contributed by atoms with E-state index in [0.717, 1.165) is 19.5 Å². The van der Waals surface area contributed by atoms with Gasteiger partial charge in [-0.3, -0.25) is 14.7 Å². The maximum atomic E-state index is 12.9. The van der Waals surface area contributed by atoms with Crippen LogP contribution in [-0.2, 0) is 6.54 Å². The number of likely N-dealkylation sites (N-methyl/N-ethyl adjacent to an activating group) is 1. The van der Waals surface area contributed by atoms with Crippen molar-refractivity contribution in [2.24, 2.45) is 0 Å². The summed E-state index contributed by atoms with van der Waals surface area (Å²) < 4.78 is 0. The number of nitrogens with zero attached hydrogens (tertiary/aromatic N) is 4. The molecule has 3 N–H and O–H groups in total. The summed E-state index contributed by atoms with van der Waals surface area (Å²) in [6.07, 6.45) is 5.62. The monoisotopic (exact) mass is 403 g/mol. The van der Waals surface area contributed by atoms with Gasteiger partial charge in [0.2, 0.25) is 0 Å². The van der Waals surface area contributed by atoms with Crippen LogP contribution >= 0.6 is 11.3 Å². The lowest BCUT2D eigenvalue weighted by molar-refractivity contribution is -0.00926. The van der Waals surface area contributed by atoms with Gasteiger partial charge in [0, 0.05) is 38.6 Å². The molecule has 2 aromatic rings. The summed E-state index contributed by atoms with van der Waals surface area (Å²) in [4.78, 5) is 25.8. The van der Waals surface area contributed by atoms with E-state index in [1.165, 1.54) is 16.9 Å². The van der Waals surface area contributed by atoms with Gasteiger partial charge in [0.1, 0.15) is 4.88 Å². The second-order valence-electron chi connectivity index (χ2n) is 7.50. The van der Waals surface area contributed by atoms with Gasteiger partial charge in [-0.05, 0) is 50.4 Å². The molecule has 0 aromatic carbocycles. The van der Waals surface area contributed by atoms with Crippen molar-refractivity contribution in [2.75, 3.05) is 31.9 Å². The van der Waals surface area contributed by atoms with E-state index in [9.17, 15) is 9.90 Å². The molecule has 0 aliphatic carbocycles. The highest BCUT2D eigenvalue weighted by atomic mass is 32.1. The number of amides is 1. The van der Waals surface area contributed by atoms with Crippen molar-refractivity contribution >= 4 is 22.4 Å². The Bertz CT molecular complexity index is 797. The number of pyridine rings is 1. The van der Waals surface area contributed by atoms with E-state index < -0.39 is 5.60 Å². The molecule has 0 radical (unpaired) electrons. The number of aromatic nitrogens is 2. The number of aliphatic hydroxyl groups is 1. The molecule has 1 saturated heterocycles. The van der Waals surface area contributed by atoms with Crippen molar-refractivity contribution in [3.05, 3.63) is 40.7 Å². The zero-order valence-corrected chi connectivity index (χ0v) is 17.4. The van der Waals surface area contributed by atoms with Crippen LogP contribution in [-0.4, -0.2) is 62.6 Å². The Morgan fingerprint density at radius 1 is 1.36 bits per heavy atom. The Morgan fingerprint density at radius 3 is 2.75 bits per heavy atom. The lowest BCUT2D eigenvalue weighted by Crippen LogP contribution is -2.43. The fraction of sp³-hybridized carbons (Fsp3) is 0.550. The molecule has 3 rings (SSSR count). The molecular formula is C20H29N5O2S. The second-order valence-corrected chi connectivity index (χ2v) is 8.53. The number of hydrogen-bond donors (Lipinski definition) is 2. The van der Waals surface area contributed by atoms with Crippen LogP contribution in [0.2, 0.25) is 0 Å². The first kappa shape index (κ1) is 20.7. The number of carbonyl (C=O) groups is 1. The van der Waals surface area contributed by atoms with Crippen LogP contribution in [0.1, 0.15) is 47.1 Å². The molecule has 7 nitrogen and oxygen atoms in total. The first-order valence-corrected chi connectivity index (χ1v) is 10.6. The van der Waals surface area contributed by atoms with Crippen molar-refractivity contribution in [1.82, 2.24) is 19.8 Å². The van der Waals surface area contributed by atoms with E-state index in [2.05, 4.69) is 21.8 Å². The molecule has 8 heteroatoms. The predicted molar refractivity (Wildman–Crippen MR) is 111 cm³/mol. The van der Waals surface area contributed by atoms with Crippen LogP contribution < -0.4 is 5.73 Å². The summed E-state index contributed by atoms with van der Waals surface area (Å²) in [5, 5.41) is 11.7. The van der Waals surface area contributed by atoms with Crippen LogP contribution in [0.5, 0.6) is 0 Å². The van der Waals surface area contributed by atoms with Crippen LogP contribution in [0.25, 0.3) is 0 Å². The molecular weight excluding hydrogens is 374 g/mol. The molecule has 3 heterocycles. The molecule has 28 heavy (non-hydrogen) atoms. The molecule has 1 fully saturated rings. The standard InChI is InChI=1S/C20H29N5O2S/c1-3-24(13-16-5-9-22-10-6-16)14-20(27)7-4-11-25(12-8-20)18(26)17-15(2)23-19(21)28-17/h5-6,9-10,27H,3-4,7-8,11-14H2,1-2H3,(H2,21,23). The topological polar surface area (TPSA) is 95.6 Å². The fourth-order valence-electron chi connectivity index (χ4n) is 3.74. The van der Waals surface area contributed by atoms with Crippen molar-refractivity contribution in [2.45, 2.75) is 45.3 Å². The van der Waals surface area contributed by atoms with E-state index >= 15 is 0 Å². The highest BCUT2D eigenvalue weighted by Gasteiger charge is 2.34. The minimum Gasteiger partial charge on any atom is -0.388 e. The summed E-state index contributed by atoms with van der Waals surface area (Å²) in [5.74, 6) is -0.0277. The number of aryl methyl sites for hydroxylation is 1. The molecule has 0 spiro atoms. The molecule has 1 aliphatic heterocycles. The van der Waals surface area contributed by atoms with E-state index in [0.29, 0.717) is 48.2 Å². The smallest absolute Gasteiger partial charge is 0.265 e. The van der Waals surface area contributed by atoms with E-state index in [-0.39, 0.29) is 5.91 Å². The van der Waals surface area contributed by atoms with Gasteiger partial charge in [-0.15, -0.1) is 0 Å². The third kappa shape index (κ3) is 5.06. The summed E-state index contributed by atoms with van der Waals surface area (Å²) in [5.41, 5.74) is 6.82. The average molecular weight is 404 g/mol. The third-order valence-electron chi connectivity index (χ3n) is 5.33. The van der Waals surface area contributed by atoms with Gasteiger partial charge in [-0.2, -0.15) is 0 Å². The molecule has 1 aliphatic rings. The molecule has 152 valence electrons. The maximum absolute atomic E-state index is 12.9. The van der Waals surface area contributed by atoms with Gasteiger partial charge in [0.05, 0.1) is 11.3 Å². The van der Waals surface area contributed by atoms with Gasteiger partial charge in [0.25, 0.3) is 5.91 Å². The van der Waals surface area contributed by atoms with Gasteiger partial charge in [-0.25, -0.2) is 4.98 Å². The van der Waals surface area contributed by atoms with Gasteiger partial charge < -0.3 is 15.7 Å². The lowest BCUT2D eigenvalue weighted by atomic mass is 9.94. The fourth-order valence-corrected chi connectivity index (χ4v) is 4.54. The van der Waals surface area contributed by atoms with E-state index in [1.54, 1.807) is 12.4 Å². The zero-order chi connectivity index (χ0) is 20.1. The second kappa shape index (κ2) is 8.98. The van der Waals surface area contributed by atoms with Gasteiger partial charge >= 0.3 is 0 Å². The number of hydrogen-bond acceptors (Lipinski definition) is 7. The normalized spacial score (nSPS) is 20.4. The first-order valence-electron chi connectivity index (χ1n) is 9.76. The zero-order valence-electron chi connectivity index (χ0n) is 16.6. The lowest BCUT2D eigenvalue weighted by Gasteiger charge is -2.33. The highest BCUT2D eigenvalue weighted by molar-refractivity contribution is 7.17. The van der Waals surface area contributed by atoms with Crippen molar-refractivity contribution in [3.8, 4) is 0 Å². The van der Waals surface area contributed by atoms with Gasteiger partial charge in [-0.1, -0.05) is 18.3 Å². The number of likely N-dealkylation sites (tertiary alicyclic amines) is 1. The average Bonchev–Trinajstić information content (AvgIpc) is 2.90. The summed E-state index contributed by atoms with van der Waals surface area (Å²) in [7, 11) is 0. The minimum absolute atomic E-state index is 0.0277. The first-order chi connectivity index (χ1) is 13.4. The van der Waals surface area contributed by atoms with Crippen LogP contribution in [0.15, 0.2) is 24.5 Å². The Kier molecular flexibility index (Phi) is 6.64. The van der Waals surface area contributed by atoms with E-state index in [4.69, 9.17) is 5.73 Å². The van der Waals surface area contributed by atoms with Crippen LogP contribution in [0.3, 0.4) is 0 Å². The predicted octanol–water partition coefficient (Wildman–Crippen LogP) is 2.31. The molecule has 1 unspecified atom stereocenters. The van der Waals surface area contributed by atoms with Crippen molar-refractivity contribution < 1.29 is 9.90 Å². The summed E-state index contributed by atoms with van der Waals surface area (Å²) in [6, 6.07) is 4.01. The summed E-state index contributed by atoms with van der Waals surface area (Å²) >= 11 is 1.24. The number of nitrogen functional groups attached to an aromatic ring is 1. The Labute approximate surface area is 170 Å². The van der Waals surface area contributed by atoms with Crippen LogP contribution in [0, 0.1) is 6.92 Å². The number of rotatable bonds is 6. The molecule has 0 saturated carbocycles. The summed E-state index contributed by atoms with van der Waals surface area (Å²) in [6.45, 7) is 7.34. The quantitative estimate of drug-likeness (QED) is 0.768. The van der Waals surface area contributed by atoms with Crippen LogP contribution in [0.4, 0.5) is 5.13 Å². The molecule has 1 atom stereocenters. The largest absolute Gasteiger partial charge is 0.388 e. The number of carbonyl (C=O) groups excluding carboxylic acids is 1. The Hall–Kier alpha value is -2.03. The number of anilines is 1. The van der Waals surface area contributed by atoms with Crippen molar-refractivity contribution in [3.63, 3.8) is 0 Å². The molecule has 0 bridgehead atoms.